The summed E-state index contributed by atoms with van der Waals surface area (Å²) in [5.41, 5.74) is 7.52. The molecule has 0 saturated carbocycles. The molecule has 2 N–H and O–H groups in total. The van der Waals surface area contributed by atoms with Gasteiger partial charge < -0.3 is 19.9 Å². The van der Waals surface area contributed by atoms with Gasteiger partial charge in [0.15, 0.2) is 0 Å². The Morgan fingerprint density at radius 3 is 3.00 bits per heavy atom. The Kier molecular flexibility index (Phi) is 5.57. The predicted octanol–water partition coefficient (Wildman–Crippen LogP) is 1.65. The van der Waals surface area contributed by atoms with Crippen LogP contribution in [-0.4, -0.2) is 47.3 Å². The van der Waals surface area contributed by atoms with Gasteiger partial charge in [0.05, 0.1) is 24.7 Å². The quantitative estimate of drug-likeness (QED) is 0.825. The number of nitrogens with two attached hydrogens (primary N) is 1. The number of nitrogens with zero attached hydrogens (tertiary/aromatic N) is 3. The molecule has 0 radical (unpaired) electrons. The minimum Gasteiger partial charge on any atom is -0.381 e. The highest BCUT2D eigenvalue weighted by Crippen LogP contribution is 2.26. The summed E-state index contributed by atoms with van der Waals surface area (Å²) in [6, 6.07) is 0.637. The van der Waals surface area contributed by atoms with Crippen molar-refractivity contribution in [3.8, 4) is 0 Å². The molecule has 0 aromatic carbocycles. The molecule has 20 heavy (non-hydrogen) atoms. The first kappa shape index (κ1) is 15.5. The summed E-state index contributed by atoms with van der Waals surface area (Å²) in [5, 5.41) is 0. The average Bonchev–Trinajstić information content (AvgIpc) is 3.09. The lowest BCUT2D eigenvalue weighted by Crippen LogP contribution is -2.28. The van der Waals surface area contributed by atoms with E-state index >= 15 is 0 Å². The SMILES string of the molecule is CC(C)N(C)CCCn1cncc1C(N)C1CCOC1. The number of hydrogen-bond donors (Lipinski definition) is 1. The zero-order chi connectivity index (χ0) is 14.5. The van der Waals surface area contributed by atoms with Crippen molar-refractivity contribution in [2.75, 3.05) is 26.8 Å². The van der Waals surface area contributed by atoms with E-state index in [9.17, 15) is 0 Å². The lowest BCUT2D eigenvalue weighted by Gasteiger charge is -2.22. The lowest BCUT2D eigenvalue weighted by atomic mass is 9.97. The molecular weight excluding hydrogens is 252 g/mol. The molecule has 1 aliphatic heterocycles. The topological polar surface area (TPSA) is 56.3 Å². The van der Waals surface area contributed by atoms with Gasteiger partial charge in [-0.25, -0.2) is 4.98 Å². The van der Waals surface area contributed by atoms with Gasteiger partial charge in [0, 0.05) is 31.3 Å². The van der Waals surface area contributed by atoms with Crippen LogP contribution in [0.3, 0.4) is 0 Å². The van der Waals surface area contributed by atoms with E-state index in [-0.39, 0.29) is 6.04 Å². The Morgan fingerprint density at radius 1 is 1.55 bits per heavy atom. The second kappa shape index (κ2) is 7.20. The smallest absolute Gasteiger partial charge is 0.0948 e. The Morgan fingerprint density at radius 2 is 2.35 bits per heavy atom. The molecule has 0 bridgehead atoms. The third-order valence-electron chi connectivity index (χ3n) is 4.35. The fraction of sp³-hybridized carbons (Fsp3) is 0.800. The van der Waals surface area contributed by atoms with Crippen LogP contribution in [0, 0.1) is 5.92 Å². The Labute approximate surface area is 122 Å². The maximum absolute atomic E-state index is 6.37. The first-order valence-electron chi connectivity index (χ1n) is 7.63. The van der Waals surface area contributed by atoms with Gasteiger partial charge in [-0.05, 0) is 40.3 Å². The predicted molar refractivity (Wildman–Crippen MR) is 80.5 cm³/mol. The van der Waals surface area contributed by atoms with Gasteiger partial charge in [-0.2, -0.15) is 0 Å². The van der Waals surface area contributed by atoms with Gasteiger partial charge in [-0.3, -0.25) is 0 Å². The zero-order valence-corrected chi connectivity index (χ0v) is 13.0. The third kappa shape index (κ3) is 3.81. The minimum absolute atomic E-state index is 0.0443. The first-order chi connectivity index (χ1) is 9.59. The van der Waals surface area contributed by atoms with Crippen LogP contribution in [0.4, 0.5) is 0 Å². The molecule has 2 heterocycles. The van der Waals surface area contributed by atoms with Crippen LogP contribution in [-0.2, 0) is 11.3 Å². The summed E-state index contributed by atoms with van der Waals surface area (Å²) in [7, 11) is 2.17. The van der Waals surface area contributed by atoms with Crippen molar-refractivity contribution in [2.24, 2.45) is 11.7 Å². The maximum Gasteiger partial charge on any atom is 0.0948 e. The summed E-state index contributed by atoms with van der Waals surface area (Å²) in [6.45, 7) is 8.14. The molecule has 2 atom stereocenters. The van der Waals surface area contributed by atoms with E-state index in [0.717, 1.165) is 44.8 Å². The van der Waals surface area contributed by atoms with Gasteiger partial charge >= 0.3 is 0 Å². The highest BCUT2D eigenvalue weighted by Gasteiger charge is 2.26. The van der Waals surface area contributed by atoms with Crippen LogP contribution < -0.4 is 5.73 Å². The van der Waals surface area contributed by atoms with Crippen molar-refractivity contribution >= 4 is 0 Å². The van der Waals surface area contributed by atoms with E-state index in [0.29, 0.717) is 12.0 Å². The summed E-state index contributed by atoms with van der Waals surface area (Å²) < 4.78 is 7.64. The average molecular weight is 280 g/mol. The second-order valence-electron chi connectivity index (χ2n) is 6.09. The summed E-state index contributed by atoms with van der Waals surface area (Å²) in [5.74, 6) is 0.434. The van der Waals surface area contributed by atoms with Crippen LogP contribution in [0.1, 0.15) is 38.4 Å². The molecule has 0 amide bonds. The third-order valence-corrected chi connectivity index (χ3v) is 4.35. The van der Waals surface area contributed by atoms with Crippen molar-refractivity contribution in [1.82, 2.24) is 14.5 Å². The molecular formula is C15H28N4O. The number of ether oxygens (including phenoxy) is 1. The maximum atomic E-state index is 6.37. The molecule has 5 heteroatoms. The van der Waals surface area contributed by atoms with Crippen molar-refractivity contribution in [3.63, 3.8) is 0 Å². The molecule has 1 aromatic rings. The summed E-state index contributed by atoms with van der Waals surface area (Å²) >= 11 is 0. The molecule has 2 rings (SSSR count). The van der Waals surface area contributed by atoms with Gasteiger partial charge in [0.2, 0.25) is 0 Å². The highest BCUT2D eigenvalue weighted by atomic mass is 16.5. The number of imidazole rings is 1. The number of rotatable bonds is 7. The van der Waals surface area contributed by atoms with E-state index in [1.807, 2.05) is 12.5 Å². The van der Waals surface area contributed by atoms with E-state index in [2.05, 4.69) is 35.3 Å². The van der Waals surface area contributed by atoms with Crippen LogP contribution in [0.2, 0.25) is 0 Å². The molecule has 114 valence electrons. The van der Waals surface area contributed by atoms with E-state index in [4.69, 9.17) is 10.5 Å². The van der Waals surface area contributed by atoms with Crippen LogP contribution in [0.5, 0.6) is 0 Å². The minimum atomic E-state index is 0.0443. The Hall–Kier alpha value is -0.910. The van der Waals surface area contributed by atoms with E-state index in [1.165, 1.54) is 0 Å². The van der Waals surface area contributed by atoms with Crippen molar-refractivity contribution in [2.45, 2.75) is 45.3 Å². The second-order valence-corrected chi connectivity index (χ2v) is 6.09. The first-order valence-corrected chi connectivity index (χ1v) is 7.63. The molecule has 0 spiro atoms. The van der Waals surface area contributed by atoms with Crippen molar-refractivity contribution < 1.29 is 4.74 Å². The molecule has 1 fully saturated rings. The van der Waals surface area contributed by atoms with Crippen LogP contribution in [0.15, 0.2) is 12.5 Å². The number of aromatic nitrogens is 2. The largest absolute Gasteiger partial charge is 0.381 e. The number of aryl methyl sites for hydroxylation is 1. The fourth-order valence-electron chi connectivity index (χ4n) is 2.62. The van der Waals surface area contributed by atoms with Gasteiger partial charge in [0.1, 0.15) is 0 Å². The van der Waals surface area contributed by atoms with Gasteiger partial charge in [-0.1, -0.05) is 0 Å². The molecule has 0 aliphatic carbocycles. The van der Waals surface area contributed by atoms with Crippen LogP contribution in [0.25, 0.3) is 0 Å². The van der Waals surface area contributed by atoms with Gasteiger partial charge in [0.25, 0.3) is 0 Å². The standard InChI is InChI=1S/C15H28N4O/c1-12(2)18(3)6-4-7-19-11-17-9-14(19)15(16)13-5-8-20-10-13/h9,11-13,15H,4-8,10,16H2,1-3H3. The molecule has 1 aromatic heterocycles. The molecule has 1 aliphatic rings. The fourth-order valence-corrected chi connectivity index (χ4v) is 2.62. The van der Waals surface area contributed by atoms with Crippen molar-refractivity contribution in [3.05, 3.63) is 18.2 Å². The monoisotopic (exact) mass is 280 g/mol. The molecule has 5 nitrogen and oxygen atoms in total. The Bertz CT molecular complexity index is 398. The van der Waals surface area contributed by atoms with Gasteiger partial charge in [-0.15, -0.1) is 0 Å². The highest BCUT2D eigenvalue weighted by molar-refractivity contribution is 5.07. The van der Waals surface area contributed by atoms with Crippen LogP contribution >= 0.6 is 0 Å². The zero-order valence-electron chi connectivity index (χ0n) is 13.0. The molecule has 1 saturated heterocycles. The van der Waals surface area contributed by atoms with E-state index < -0.39 is 0 Å². The van der Waals surface area contributed by atoms with E-state index in [1.54, 1.807) is 0 Å². The van der Waals surface area contributed by atoms with Crippen molar-refractivity contribution in [1.29, 1.82) is 0 Å². The Balaban J connectivity index is 1.88. The normalized spacial score (nSPS) is 21.0. The number of hydrogen-bond acceptors (Lipinski definition) is 4. The summed E-state index contributed by atoms with van der Waals surface area (Å²) in [4.78, 5) is 6.64. The molecule has 2 unspecified atom stereocenters. The lowest BCUT2D eigenvalue weighted by molar-refractivity contribution is 0.180. The summed E-state index contributed by atoms with van der Waals surface area (Å²) in [6.07, 6.45) is 5.99.